The molecule has 25 heavy (non-hydrogen) atoms. The van der Waals surface area contributed by atoms with Crippen molar-refractivity contribution >= 4 is 11.9 Å². The van der Waals surface area contributed by atoms with Gasteiger partial charge in [0.2, 0.25) is 5.91 Å². The molecule has 0 bridgehead atoms. The van der Waals surface area contributed by atoms with Crippen molar-refractivity contribution in [3.05, 3.63) is 30.1 Å². The second-order valence-electron chi connectivity index (χ2n) is 5.89. The number of hydrogen-bond donors (Lipinski definition) is 2. The third kappa shape index (κ3) is 6.25. The molecule has 2 rings (SSSR count). The number of ether oxygens (including phenoxy) is 1. The second kappa shape index (κ2) is 9.86. The lowest BCUT2D eigenvalue weighted by molar-refractivity contribution is -0.129. The molecule has 1 aliphatic heterocycles. The van der Waals surface area contributed by atoms with Crippen LogP contribution in [-0.2, 0) is 4.79 Å². The van der Waals surface area contributed by atoms with Crippen molar-refractivity contribution in [2.24, 2.45) is 4.99 Å². The number of guanidine groups is 1. The molecule has 1 heterocycles. The van der Waals surface area contributed by atoms with E-state index in [0.717, 1.165) is 19.5 Å². The number of benzene rings is 1. The summed E-state index contributed by atoms with van der Waals surface area (Å²) in [6, 6.07) is 6.27. The molecule has 2 N–H and O–H groups in total. The van der Waals surface area contributed by atoms with Gasteiger partial charge >= 0.3 is 0 Å². The summed E-state index contributed by atoms with van der Waals surface area (Å²) in [4.78, 5) is 18.1. The average Bonchev–Trinajstić information content (AvgIpc) is 3.07. The average molecular weight is 350 g/mol. The van der Waals surface area contributed by atoms with E-state index in [0.29, 0.717) is 37.8 Å². The molecule has 1 saturated heterocycles. The molecule has 138 valence electrons. The number of carbonyl (C=O) groups is 1. The Balaban J connectivity index is 1.79. The summed E-state index contributed by atoms with van der Waals surface area (Å²) in [6.07, 6.45) is 1.45. The number of carbonyl (C=O) groups excluding carboxylic acids is 1. The van der Waals surface area contributed by atoms with Crippen LogP contribution in [0, 0.1) is 5.82 Å². The first-order valence-electron chi connectivity index (χ1n) is 8.83. The predicted octanol–water partition coefficient (Wildman–Crippen LogP) is 1.77. The molecule has 7 heteroatoms. The Morgan fingerprint density at radius 2 is 2.28 bits per heavy atom. The van der Waals surface area contributed by atoms with Crippen molar-refractivity contribution in [2.45, 2.75) is 32.7 Å². The fourth-order valence-electron chi connectivity index (χ4n) is 2.72. The molecule has 1 unspecified atom stereocenters. The maximum absolute atomic E-state index is 13.1. The molecule has 0 spiro atoms. The summed E-state index contributed by atoms with van der Waals surface area (Å²) in [5, 5.41) is 6.56. The molecule has 1 aliphatic rings. The molecule has 6 nitrogen and oxygen atoms in total. The van der Waals surface area contributed by atoms with Crippen molar-refractivity contribution in [2.75, 3.05) is 32.8 Å². The van der Waals surface area contributed by atoms with Crippen LogP contribution in [0.15, 0.2) is 29.3 Å². The monoisotopic (exact) mass is 350 g/mol. The summed E-state index contributed by atoms with van der Waals surface area (Å²) < 4.78 is 18.6. The Morgan fingerprint density at radius 3 is 3.00 bits per heavy atom. The van der Waals surface area contributed by atoms with Gasteiger partial charge in [-0.25, -0.2) is 9.38 Å². The SMILES string of the molecule is CCNC(=NCCOc1cccc(F)c1)NC1CCN(C(=O)CC)C1. The molecule has 0 aromatic heterocycles. The number of nitrogens with one attached hydrogen (secondary N) is 2. The molecule has 1 amide bonds. The quantitative estimate of drug-likeness (QED) is 0.447. The molecular formula is C18H27FN4O2. The van der Waals surface area contributed by atoms with Crippen LogP contribution >= 0.6 is 0 Å². The standard InChI is InChI=1S/C18H27FN4O2/c1-3-17(24)23-10-8-15(13-23)22-18(20-4-2)21-9-11-25-16-7-5-6-14(19)12-16/h5-7,12,15H,3-4,8-11,13H2,1-2H3,(H2,20,21,22). The van der Waals surface area contributed by atoms with E-state index in [-0.39, 0.29) is 17.8 Å². The minimum atomic E-state index is -0.316. The summed E-state index contributed by atoms with van der Waals surface area (Å²) in [5.74, 6) is 1.08. The van der Waals surface area contributed by atoms with E-state index in [4.69, 9.17) is 4.74 Å². The number of likely N-dealkylation sites (tertiary alicyclic amines) is 1. The highest BCUT2D eigenvalue weighted by Crippen LogP contribution is 2.12. The van der Waals surface area contributed by atoms with Crippen LogP contribution in [-0.4, -0.2) is 55.6 Å². The highest BCUT2D eigenvalue weighted by atomic mass is 19.1. The Kier molecular flexibility index (Phi) is 7.50. The van der Waals surface area contributed by atoms with Crippen molar-refractivity contribution < 1.29 is 13.9 Å². The van der Waals surface area contributed by atoms with Crippen molar-refractivity contribution in [3.8, 4) is 5.75 Å². The Bertz CT molecular complexity index is 594. The predicted molar refractivity (Wildman–Crippen MR) is 96.3 cm³/mol. The van der Waals surface area contributed by atoms with Gasteiger partial charge in [0.1, 0.15) is 18.2 Å². The van der Waals surface area contributed by atoms with E-state index < -0.39 is 0 Å². The first-order valence-corrected chi connectivity index (χ1v) is 8.83. The first kappa shape index (κ1) is 19.0. The van der Waals surface area contributed by atoms with Gasteiger partial charge in [0, 0.05) is 38.2 Å². The van der Waals surface area contributed by atoms with E-state index in [1.807, 2.05) is 18.7 Å². The third-order valence-corrected chi connectivity index (χ3v) is 3.95. The Hall–Kier alpha value is -2.31. The number of hydrogen-bond acceptors (Lipinski definition) is 3. The number of amides is 1. The van der Waals surface area contributed by atoms with Crippen molar-refractivity contribution in [1.82, 2.24) is 15.5 Å². The minimum absolute atomic E-state index is 0.190. The summed E-state index contributed by atoms with van der Waals surface area (Å²) in [6.45, 7) is 6.95. The van der Waals surface area contributed by atoms with E-state index in [1.54, 1.807) is 12.1 Å². The van der Waals surface area contributed by atoms with Gasteiger partial charge in [0.05, 0.1) is 6.54 Å². The van der Waals surface area contributed by atoms with E-state index >= 15 is 0 Å². The Labute approximate surface area is 148 Å². The Morgan fingerprint density at radius 1 is 1.44 bits per heavy atom. The molecule has 1 aromatic rings. The number of halogens is 1. The maximum Gasteiger partial charge on any atom is 0.222 e. The molecule has 1 atom stereocenters. The van der Waals surface area contributed by atoms with Gasteiger partial charge in [-0.2, -0.15) is 0 Å². The van der Waals surface area contributed by atoms with Crippen LogP contribution < -0.4 is 15.4 Å². The van der Waals surface area contributed by atoms with Crippen LogP contribution in [0.2, 0.25) is 0 Å². The molecule has 0 radical (unpaired) electrons. The van der Waals surface area contributed by atoms with E-state index in [9.17, 15) is 9.18 Å². The smallest absolute Gasteiger partial charge is 0.222 e. The third-order valence-electron chi connectivity index (χ3n) is 3.95. The van der Waals surface area contributed by atoms with Gasteiger partial charge in [0.25, 0.3) is 0 Å². The lowest BCUT2D eigenvalue weighted by Gasteiger charge is -2.18. The van der Waals surface area contributed by atoms with Crippen LogP contribution in [0.3, 0.4) is 0 Å². The van der Waals surface area contributed by atoms with E-state index in [1.165, 1.54) is 12.1 Å². The summed E-state index contributed by atoms with van der Waals surface area (Å²) >= 11 is 0. The largest absolute Gasteiger partial charge is 0.492 e. The first-order chi connectivity index (χ1) is 12.1. The van der Waals surface area contributed by atoms with Gasteiger partial charge < -0.3 is 20.3 Å². The molecule has 1 fully saturated rings. The fourth-order valence-corrected chi connectivity index (χ4v) is 2.72. The highest BCUT2D eigenvalue weighted by Gasteiger charge is 2.25. The van der Waals surface area contributed by atoms with Crippen LogP contribution in [0.5, 0.6) is 5.75 Å². The van der Waals surface area contributed by atoms with Crippen LogP contribution in [0.4, 0.5) is 4.39 Å². The summed E-state index contributed by atoms with van der Waals surface area (Å²) in [7, 11) is 0. The zero-order chi connectivity index (χ0) is 18.1. The second-order valence-corrected chi connectivity index (χ2v) is 5.89. The number of rotatable bonds is 7. The minimum Gasteiger partial charge on any atom is -0.492 e. The number of aliphatic imine (C=N–C) groups is 1. The van der Waals surface area contributed by atoms with Gasteiger partial charge in [-0.15, -0.1) is 0 Å². The molecule has 1 aromatic carbocycles. The molecule has 0 saturated carbocycles. The van der Waals surface area contributed by atoms with Crippen LogP contribution in [0.1, 0.15) is 26.7 Å². The van der Waals surface area contributed by atoms with Crippen LogP contribution in [0.25, 0.3) is 0 Å². The normalized spacial score (nSPS) is 17.5. The van der Waals surface area contributed by atoms with Crippen molar-refractivity contribution in [3.63, 3.8) is 0 Å². The topological polar surface area (TPSA) is 66.0 Å². The molecule has 0 aliphatic carbocycles. The maximum atomic E-state index is 13.1. The lowest BCUT2D eigenvalue weighted by Crippen LogP contribution is -2.45. The van der Waals surface area contributed by atoms with Gasteiger partial charge in [0.15, 0.2) is 5.96 Å². The highest BCUT2D eigenvalue weighted by molar-refractivity contribution is 5.80. The van der Waals surface area contributed by atoms with Gasteiger partial charge in [-0.3, -0.25) is 4.79 Å². The lowest BCUT2D eigenvalue weighted by atomic mass is 10.3. The molecular weight excluding hydrogens is 323 g/mol. The van der Waals surface area contributed by atoms with Gasteiger partial charge in [-0.1, -0.05) is 13.0 Å². The van der Waals surface area contributed by atoms with E-state index in [2.05, 4.69) is 15.6 Å². The number of nitrogens with zero attached hydrogens (tertiary/aromatic N) is 2. The van der Waals surface area contributed by atoms with Gasteiger partial charge in [-0.05, 0) is 25.5 Å². The fraction of sp³-hybridized carbons (Fsp3) is 0.556. The zero-order valence-corrected chi connectivity index (χ0v) is 14.9. The zero-order valence-electron chi connectivity index (χ0n) is 14.9. The van der Waals surface area contributed by atoms with Crippen molar-refractivity contribution in [1.29, 1.82) is 0 Å². The summed E-state index contributed by atoms with van der Waals surface area (Å²) in [5.41, 5.74) is 0.